The Bertz CT molecular complexity index is 371. The Balaban J connectivity index is 0.000000317. The van der Waals surface area contributed by atoms with E-state index < -0.39 is 6.10 Å². The number of halogens is 3. The van der Waals surface area contributed by atoms with Gasteiger partial charge in [-0.05, 0) is 24.6 Å². The van der Waals surface area contributed by atoms with Crippen LogP contribution in [-0.4, -0.2) is 11.4 Å². The van der Waals surface area contributed by atoms with Crippen LogP contribution >= 0.6 is 59.9 Å². The van der Waals surface area contributed by atoms with E-state index in [9.17, 15) is 5.11 Å². The van der Waals surface area contributed by atoms with Crippen molar-refractivity contribution in [3.63, 3.8) is 0 Å². The van der Waals surface area contributed by atoms with Gasteiger partial charge in [-0.2, -0.15) is 0 Å². The second-order valence-corrected chi connectivity index (χ2v) is 38.7. The summed E-state index contributed by atoms with van der Waals surface area (Å²) in [6, 6.07) is 5.47. The first-order chi connectivity index (χ1) is 7.90. The Morgan fingerprint density at radius 2 is 1.76 bits per heavy atom. The van der Waals surface area contributed by atoms with E-state index in [2.05, 4.69) is 59.9 Å². The Labute approximate surface area is 139 Å². The molecule has 1 aliphatic heterocycles. The van der Waals surface area contributed by atoms with Gasteiger partial charge in [0, 0.05) is 6.92 Å². The van der Waals surface area contributed by atoms with Gasteiger partial charge in [-0.3, -0.25) is 0 Å². The molecule has 1 aromatic rings. The first-order valence-corrected chi connectivity index (χ1v) is 18.3. The Hall–Kier alpha value is 1.55. The molecule has 0 fully saturated rings. The molecule has 1 N–H and O–H groups in total. The van der Waals surface area contributed by atoms with Crippen molar-refractivity contribution in [2.75, 3.05) is 0 Å². The number of rotatable bonds is 1. The van der Waals surface area contributed by atoms with Crippen molar-refractivity contribution in [1.29, 1.82) is 0 Å². The van der Waals surface area contributed by atoms with Crippen LogP contribution in [0.1, 0.15) is 25.5 Å². The fourth-order valence-corrected chi connectivity index (χ4v) is 1.36. The van der Waals surface area contributed by atoms with E-state index in [-0.39, 0.29) is 11.2 Å². The van der Waals surface area contributed by atoms with E-state index in [0.717, 1.165) is 11.3 Å². The van der Waals surface area contributed by atoms with Crippen molar-refractivity contribution >= 4 is 59.9 Å². The third-order valence-corrected chi connectivity index (χ3v) is 2.04. The third kappa shape index (κ3) is 6.02. The minimum absolute atomic E-state index is 0.223. The molecule has 3 nitrogen and oxygen atoms in total. The molecule has 0 aliphatic carbocycles. The van der Waals surface area contributed by atoms with Crippen molar-refractivity contribution in [3.05, 3.63) is 23.8 Å². The first-order valence-electron chi connectivity index (χ1n) is 4.83. The second-order valence-electron chi connectivity index (χ2n) is 3.38. The van der Waals surface area contributed by atoms with Gasteiger partial charge in [-0.15, -0.1) is 0 Å². The standard InChI is InChI=1S/C10H12O3.3HI.V/c1-6(11)8-3-4-9-10(5-8)13-7(2)12-9;;;;/h3-7,11H,1-2H3;3*1H;/q;;;;+3/p-3. The van der Waals surface area contributed by atoms with Crippen LogP contribution < -0.4 is 9.47 Å². The van der Waals surface area contributed by atoms with Crippen LogP contribution in [0.25, 0.3) is 0 Å². The number of hydrogen-bond donors (Lipinski definition) is 1. The molecule has 0 spiro atoms. The van der Waals surface area contributed by atoms with E-state index in [4.69, 9.17) is 9.47 Å². The monoisotopic (exact) mass is 612 g/mol. The summed E-state index contributed by atoms with van der Waals surface area (Å²) in [6.45, 7) is 3.56. The molecule has 2 atom stereocenters. The summed E-state index contributed by atoms with van der Waals surface area (Å²) in [5.41, 5.74) is 0.844. The van der Waals surface area contributed by atoms with Crippen LogP contribution in [0.5, 0.6) is 11.5 Å². The van der Waals surface area contributed by atoms with Gasteiger partial charge in [0.05, 0.1) is 6.10 Å². The maximum atomic E-state index is 9.32. The summed E-state index contributed by atoms with van der Waals surface area (Å²) in [4.78, 5) is -0.278. The van der Waals surface area contributed by atoms with Gasteiger partial charge in [0.25, 0.3) is 0 Å². The predicted molar refractivity (Wildman–Crippen MR) is 89.9 cm³/mol. The van der Waals surface area contributed by atoms with Crippen molar-refractivity contribution < 1.29 is 19.5 Å². The van der Waals surface area contributed by atoms with Crippen LogP contribution in [0.15, 0.2) is 18.2 Å². The summed E-state index contributed by atoms with van der Waals surface area (Å²) >= 11 is 7.39. The zero-order valence-electron chi connectivity index (χ0n) is 9.23. The fraction of sp³-hybridized carbons (Fsp3) is 0.400. The van der Waals surface area contributed by atoms with Gasteiger partial charge in [0.1, 0.15) is 0 Å². The molecule has 0 bridgehead atoms. The zero-order chi connectivity index (χ0) is 13.0. The van der Waals surface area contributed by atoms with Crippen molar-refractivity contribution in [1.82, 2.24) is 0 Å². The van der Waals surface area contributed by atoms with Gasteiger partial charge in [0.2, 0.25) is 6.29 Å². The van der Waals surface area contributed by atoms with Crippen LogP contribution in [0.3, 0.4) is 0 Å². The van der Waals surface area contributed by atoms with Crippen molar-refractivity contribution in [3.8, 4) is 11.5 Å². The Kier molecular flexibility index (Phi) is 7.80. The normalized spacial score (nSPS) is 18.6. The van der Waals surface area contributed by atoms with E-state index in [1.54, 1.807) is 6.92 Å². The fourth-order valence-electron chi connectivity index (χ4n) is 1.36. The molecule has 96 valence electrons. The summed E-state index contributed by atoms with van der Waals surface area (Å²) < 4.78 is 10.7. The average molecular weight is 612 g/mol. The molecular formula is C10H12I3O3V. The molecule has 1 aromatic carbocycles. The van der Waals surface area contributed by atoms with Crippen LogP contribution in [-0.2, 0) is 4.92 Å². The Morgan fingerprint density at radius 1 is 1.24 bits per heavy atom. The summed E-state index contributed by atoms with van der Waals surface area (Å²) in [6.07, 6.45) is -0.691. The van der Waals surface area contributed by atoms with E-state index in [1.807, 2.05) is 25.1 Å². The van der Waals surface area contributed by atoms with Gasteiger partial charge >= 0.3 is 64.9 Å². The predicted octanol–water partition coefficient (Wildman–Crippen LogP) is 4.51. The topological polar surface area (TPSA) is 38.7 Å². The SMILES string of the molecule is CC1Oc2ccc(C(C)O)cc2O1.[I][V]([I])[I]. The molecule has 1 heterocycles. The molecule has 0 aromatic heterocycles. The molecule has 2 unspecified atom stereocenters. The molecule has 0 radical (unpaired) electrons. The average Bonchev–Trinajstić information content (AvgIpc) is 2.55. The molecule has 2 rings (SSSR count). The van der Waals surface area contributed by atoms with Crippen LogP contribution in [0.4, 0.5) is 0 Å². The number of ether oxygens (including phenoxy) is 2. The number of benzene rings is 1. The van der Waals surface area contributed by atoms with Gasteiger partial charge < -0.3 is 14.6 Å². The third-order valence-electron chi connectivity index (χ3n) is 2.04. The molecular weight excluding hydrogens is 600 g/mol. The summed E-state index contributed by atoms with van der Waals surface area (Å²) in [5.74, 6) is 1.46. The maximum absolute atomic E-state index is 9.32. The number of aliphatic hydroxyl groups is 1. The molecule has 0 amide bonds. The summed E-state index contributed by atoms with van der Waals surface area (Å²) in [7, 11) is 0. The molecule has 1 aliphatic rings. The van der Waals surface area contributed by atoms with Gasteiger partial charge in [-0.25, -0.2) is 0 Å². The second kappa shape index (κ2) is 7.98. The zero-order valence-corrected chi connectivity index (χ0v) is 17.1. The Morgan fingerprint density at radius 3 is 2.29 bits per heavy atom. The summed E-state index contributed by atoms with van der Waals surface area (Å²) in [5, 5.41) is 9.32. The number of fused-ring (bicyclic) bond motifs is 1. The van der Waals surface area contributed by atoms with Crippen LogP contribution in [0.2, 0.25) is 0 Å². The van der Waals surface area contributed by atoms with E-state index in [0.29, 0.717) is 5.75 Å². The number of aliphatic hydroxyl groups excluding tert-OH is 1. The van der Waals surface area contributed by atoms with Crippen LogP contribution in [0, 0.1) is 0 Å². The van der Waals surface area contributed by atoms with Gasteiger partial charge in [-0.1, -0.05) is 6.07 Å². The minimum atomic E-state index is -0.468. The first kappa shape index (κ1) is 16.6. The molecule has 0 saturated heterocycles. The van der Waals surface area contributed by atoms with Crippen molar-refractivity contribution in [2.45, 2.75) is 26.2 Å². The van der Waals surface area contributed by atoms with E-state index >= 15 is 0 Å². The quantitative estimate of drug-likeness (QED) is 0.475. The molecule has 17 heavy (non-hydrogen) atoms. The molecule has 0 saturated carbocycles. The van der Waals surface area contributed by atoms with Crippen molar-refractivity contribution in [2.24, 2.45) is 0 Å². The molecule has 7 heteroatoms. The van der Waals surface area contributed by atoms with E-state index in [1.165, 1.54) is 0 Å². The van der Waals surface area contributed by atoms with Gasteiger partial charge in [0.15, 0.2) is 11.5 Å². The number of hydrogen-bond acceptors (Lipinski definition) is 3.